The Balaban J connectivity index is 2.16. The molecule has 0 spiro atoms. The summed E-state index contributed by atoms with van der Waals surface area (Å²) >= 11 is 1.64. The lowest BCUT2D eigenvalue weighted by atomic mass is 9.97. The number of carbonyl (C=O) groups is 1. The molecule has 2 aromatic rings. The minimum atomic E-state index is -0.395. The molecule has 0 radical (unpaired) electrons. The molecular formula is C17H25N5O2S. The summed E-state index contributed by atoms with van der Waals surface area (Å²) in [5.74, 6) is 5.47. The number of aromatic nitrogens is 2. The van der Waals surface area contributed by atoms with Gasteiger partial charge in [-0.05, 0) is 44.3 Å². The number of aryl methyl sites for hydroxylation is 2. The molecule has 3 rings (SSSR count). The molecular weight excluding hydrogens is 338 g/mol. The summed E-state index contributed by atoms with van der Waals surface area (Å²) < 4.78 is 1.49. The number of hydrogen-bond acceptors (Lipinski definition) is 6. The molecule has 2 heterocycles. The van der Waals surface area contributed by atoms with Gasteiger partial charge in [-0.25, -0.2) is 10.8 Å². The van der Waals surface area contributed by atoms with Gasteiger partial charge in [-0.2, -0.15) is 0 Å². The van der Waals surface area contributed by atoms with Gasteiger partial charge < -0.3 is 0 Å². The summed E-state index contributed by atoms with van der Waals surface area (Å²) in [7, 11) is 0. The number of rotatable bonds is 6. The minimum absolute atomic E-state index is 0.0977. The number of hydrogen-bond donors (Lipinski definition) is 2. The van der Waals surface area contributed by atoms with Gasteiger partial charge in [0.2, 0.25) is 0 Å². The first kappa shape index (κ1) is 18.0. The number of hydrazine groups is 1. The largest absolute Gasteiger partial charge is 0.297 e. The van der Waals surface area contributed by atoms with Gasteiger partial charge in [0.05, 0.1) is 11.9 Å². The highest BCUT2D eigenvalue weighted by Gasteiger charge is 2.23. The van der Waals surface area contributed by atoms with E-state index < -0.39 is 5.91 Å². The van der Waals surface area contributed by atoms with Gasteiger partial charge >= 0.3 is 0 Å². The van der Waals surface area contributed by atoms with E-state index in [1.807, 2.05) is 0 Å². The molecule has 1 aliphatic carbocycles. The first-order chi connectivity index (χ1) is 12.1. The summed E-state index contributed by atoms with van der Waals surface area (Å²) in [6, 6.07) is 0. The standard InChI is InChI=1S/C17H25N5O2S/c1-3-21(4-2)9-13-19-16-15(11-7-5-6-8-12(11)25-16)17(24)22(13)10-14(23)20-18/h3-10,18H2,1-2H3,(H,20,23). The first-order valence-electron chi connectivity index (χ1n) is 8.84. The molecule has 3 N–H and O–H groups in total. The van der Waals surface area contributed by atoms with Crippen molar-refractivity contribution in [3.05, 3.63) is 26.6 Å². The molecule has 1 amide bonds. The van der Waals surface area contributed by atoms with Gasteiger partial charge in [0.15, 0.2) is 0 Å². The third-order valence-electron chi connectivity index (χ3n) is 4.88. The van der Waals surface area contributed by atoms with Crippen LogP contribution >= 0.6 is 11.3 Å². The van der Waals surface area contributed by atoms with Gasteiger partial charge in [-0.15, -0.1) is 11.3 Å². The maximum absolute atomic E-state index is 13.2. The van der Waals surface area contributed by atoms with Crippen molar-refractivity contribution in [1.29, 1.82) is 0 Å². The van der Waals surface area contributed by atoms with Gasteiger partial charge in [-0.1, -0.05) is 13.8 Å². The number of nitrogens with zero attached hydrogens (tertiary/aromatic N) is 3. The highest BCUT2D eigenvalue weighted by atomic mass is 32.1. The van der Waals surface area contributed by atoms with E-state index in [1.54, 1.807) is 11.3 Å². The van der Waals surface area contributed by atoms with Gasteiger partial charge in [0.25, 0.3) is 11.5 Å². The minimum Gasteiger partial charge on any atom is -0.297 e. The molecule has 0 saturated heterocycles. The molecule has 0 bridgehead atoms. The van der Waals surface area contributed by atoms with Crippen LogP contribution in [0.3, 0.4) is 0 Å². The number of fused-ring (bicyclic) bond motifs is 3. The lowest BCUT2D eigenvalue weighted by Gasteiger charge is -2.20. The quantitative estimate of drug-likeness (QED) is 0.456. The second kappa shape index (κ2) is 7.63. The zero-order valence-electron chi connectivity index (χ0n) is 14.8. The van der Waals surface area contributed by atoms with E-state index >= 15 is 0 Å². The molecule has 0 aromatic carbocycles. The lowest BCUT2D eigenvalue weighted by molar-refractivity contribution is -0.121. The number of thiophene rings is 1. The molecule has 0 aliphatic heterocycles. The van der Waals surface area contributed by atoms with E-state index in [9.17, 15) is 9.59 Å². The molecule has 25 heavy (non-hydrogen) atoms. The molecule has 8 heteroatoms. The van der Waals surface area contributed by atoms with Crippen molar-refractivity contribution in [2.45, 2.75) is 52.6 Å². The second-order valence-electron chi connectivity index (χ2n) is 6.34. The maximum Gasteiger partial charge on any atom is 0.263 e. The smallest absolute Gasteiger partial charge is 0.263 e. The molecule has 0 fully saturated rings. The molecule has 0 unspecified atom stereocenters. The first-order valence-corrected chi connectivity index (χ1v) is 9.66. The third-order valence-corrected chi connectivity index (χ3v) is 6.06. The normalized spacial score (nSPS) is 14.1. The van der Waals surface area contributed by atoms with E-state index in [-0.39, 0.29) is 12.1 Å². The van der Waals surface area contributed by atoms with Crippen LogP contribution in [0.1, 0.15) is 43.0 Å². The monoisotopic (exact) mass is 363 g/mol. The van der Waals surface area contributed by atoms with Crippen LogP contribution in [0, 0.1) is 0 Å². The highest BCUT2D eigenvalue weighted by molar-refractivity contribution is 7.18. The zero-order valence-corrected chi connectivity index (χ0v) is 15.6. The van der Waals surface area contributed by atoms with E-state index in [1.165, 1.54) is 9.44 Å². The molecule has 2 aromatic heterocycles. The number of carbonyl (C=O) groups excluding carboxylic acids is 1. The van der Waals surface area contributed by atoms with Crippen LogP contribution in [0.15, 0.2) is 4.79 Å². The van der Waals surface area contributed by atoms with E-state index in [2.05, 4.69) is 24.2 Å². The van der Waals surface area contributed by atoms with Crippen LogP contribution in [0.4, 0.5) is 0 Å². The summed E-state index contributed by atoms with van der Waals surface area (Å²) in [6.45, 7) is 6.29. The Hall–Kier alpha value is -1.77. The Morgan fingerprint density at radius 1 is 1.32 bits per heavy atom. The average molecular weight is 363 g/mol. The second-order valence-corrected chi connectivity index (χ2v) is 7.42. The summed E-state index contributed by atoms with van der Waals surface area (Å²) in [5.41, 5.74) is 3.14. The molecule has 0 atom stereocenters. The van der Waals surface area contributed by atoms with Crippen molar-refractivity contribution in [2.24, 2.45) is 5.84 Å². The SMILES string of the molecule is CCN(CC)Cc1nc2sc3c(c2c(=O)n1CC(=O)NN)CCCC3. The van der Waals surface area contributed by atoms with Crippen molar-refractivity contribution in [1.82, 2.24) is 19.9 Å². The molecule has 0 saturated carbocycles. The highest BCUT2D eigenvalue weighted by Crippen LogP contribution is 2.33. The summed E-state index contributed by atoms with van der Waals surface area (Å²) in [5, 5.41) is 0.702. The van der Waals surface area contributed by atoms with E-state index in [0.717, 1.165) is 49.2 Å². The van der Waals surface area contributed by atoms with Crippen molar-refractivity contribution < 1.29 is 4.79 Å². The average Bonchev–Trinajstić information content (AvgIpc) is 3.00. The van der Waals surface area contributed by atoms with Crippen LogP contribution in [-0.4, -0.2) is 33.4 Å². The predicted octanol–water partition coefficient (Wildman–Crippen LogP) is 1.17. The van der Waals surface area contributed by atoms with E-state index in [4.69, 9.17) is 10.8 Å². The molecule has 136 valence electrons. The third kappa shape index (κ3) is 3.47. The molecule has 7 nitrogen and oxygen atoms in total. The van der Waals surface area contributed by atoms with Gasteiger partial charge in [0.1, 0.15) is 17.2 Å². The zero-order chi connectivity index (χ0) is 18.0. The topological polar surface area (TPSA) is 93.2 Å². The lowest BCUT2D eigenvalue weighted by Crippen LogP contribution is -2.39. The fourth-order valence-electron chi connectivity index (χ4n) is 3.40. The van der Waals surface area contributed by atoms with Crippen molar-refractivity contribution >= 4 is 27.5 Å². The Labute approximate surface area is 150 Å². The number of amides is 1. The van der Waals surface area contributed by atoms with E-state index in [0.29, 0.717) is 17.8 Å². The Morgan fingerprint density at radius 3 is 2.72 bits per heavy atom. The van der Waals surface area contributed by atoms with Crippen LogP contribution in [-0.2, 0) is 30.7 Å². The Bertz CT molecular complexity index is 838. The van der Waals surface area contributed by atoms with Crippen LogP contribution in [0.25, 0.3) is 10.2 Å². The fraction of sp³-hybridized carbons (Fsp3) is 0.588. The van der Waals surface area contributed by atoms with Crippen LogP contribution in [0.2, 0.25) is 0 Å². The van der Waals surface area contributed by atoms with Crippen LogP contribution < -0.4 is 16.8 Å². The fourth-order valence-corrected chi connectivity index (χ4v) is 4.67. The van der Waals surface area contributed by atoms with Crippen LogP contribution in [0.5, 0.6) is 0 Å². The summed E-state index contributed by atoms with van der Waals surface area (Å²) in [6.07, 6.45) is 4.20. The van der Waals surface area contributed by atoms with Crippen molar-refractivity contribution in [3.8, 4) is 0 Å². The predicted molar refractivity (Wildman–Crippen MR) is 99.5 cm³/mol. The number of nitrogens with two attached hydrogens (primary N) is 1. The van der Waals surface area contributed by atoms with Gasteiger partial charge in [0, 0.05) is 4.88 Å². The Kier molecular flexibility index (Phi) is 5.51. The maximum atomic E-state index is 13.2. The number of nitrogens with one attached hydrogen (secondary N) is 1. The Morgan fingerprint density at radius 2 is 2.04 bits per heavy atom. The van der Waals surface area contributed by atoms with Gasteiger partial charge in [-0.3, -0.25) is 24.5 Å². The van der Waals surface area contributed by atoms with Crippen molar-refractivity contribution in [3.63, 3.8) is 0 Å². The molecule has 1 aliphatic rings. The summed E-state index contributed by atoms with van der Waals surface area (Å²) in [4.78, 5) is 34.1. The van der Waals surface area contributed by atoms with Crippen molar-refractivity contribution in [2.75, 3.05) is 13.1 Å².